The molecule has 0 atom stereocenters. The minimum Gasteiger partial charge on any atom is -0.387 e. The molecule has 0 spiro atoms. The van der Waals surface area contributed by atoms with Gasteiger partial charge in [-0.3, -0.25) is 4.99 Å². The summed E-state index contributed by atoms with van der Waals surface area (Å²) in [5, 5.41) is 0. The van der Waals surface area contributed by atoms with E-state index in [2.05, 4.69) is 4.99 Å². The van der Waals surface area contributed by atoms with Crippen LogP contribution in [0.5, 0.6) is 0 Å². The van der Waals surface area contributed by atoms with E-state index < -0.39 is 9.84 Å². The normalized spacial score (nSPS) is 13.7. The topological polar surface area (TPSA) is 72.5 Å². The van der Waals surface area contributed by atoms with Crippen LogP contribution in [0.15, 0.2) is 4.99 Å². The maximum Gasteiger partial charge on any atom is 0.151 e. The fraction of sp³-hybridized carbons (Fsp3) is 0.875. The lowest BCUT2D eigenvalue weighted by molar-refractivity contribution is 0.597. The van der Waals surface area contributed by atoms with Crippen LogP contribution >= 0.6 is 0 Å². The monoisotopic (exact) mass is 206 g/mol. The van der Waals surface area contributed by atoms with Crippen LogP contribution in [0.1, 0.15) is 20.8 Å². The van der Waals surface area contributed by atoms with Gasteiger partial charge in [0.05, 0.1) is 18.1 Å². The zero-order valence-corrected chi connectivity index (χ0v) is 9.26. The summed E-state index contributed by atoms with van der Waals surface area (Å²) in [5.41, 5.74) is 5.54. The Labute approximate surface area is 80.2 Å². The van der Waals surface area contributed by atoms with E-state index in [1.165, 1.54) is 0 Å². The lowest BCUT2D eigenvalue weighted by Gasteiger charge is -2.03. The van der Waals surface area contributed by atoms with Crippen molar-refractivity contribution in [2.24, 2.45) is 16.6 Å². The highest BCUT2D eigenvalue weighted by atomic mass is 32.2. The number of hydrogen-bond donors (Lipinski definition) is 1. The van der Waals surface area contributed by atoms with Gasteiger partial charge >= 0.3 is 0 Å². The number of sulfone groups is 1. The first-order valence-corrected chi connectivity index (χ1v) is 6.21. The fourth-order valence-electron chi connectivity index (χ4n) is 0.641. The summed E-state index contributed by atoms with van der Waals surface area (Å²) in [7, 11) is -2.90. The molecule has 0 fully saturated rings. The molecule has 0 saturated carbocycles. The van der Waals surface area contributed by atoms with Crippen LogP contribution in [0.25, 0.3) is 0 Å². The Morgan fingerprint density at radius 2 is 2.00 bits per heavy atom. The van der Waals surface area contributed by atoms with Gasteiger partial charge in [0.1, 0.15) is 0 Å². The van der Waals surface area contributed by atoms with Crippen molar-refractivity contribution in [1.29, 1.82) is 0 Å². The summed E-state index contributed by atoms with van der Waals surface area (Å²) in [5.74, 6) is 0.969. The summed E-state index contributed by atoms with van der Waals surface area (Å²) in [4.78, 5) is 3.97. The second-order valence-electron chi connectivity index (χ2n) is 3.20. The predicted octanol–water partition coefficient (Wildman–Crippen LogP) is 0.434. The van der Waals surface area contributed by atoms with Gasteiger partial charge in [-0.25, -0.2) is 8.42 Å². The molecule has 2 N–H and O–H groups in total. The summed E-state index contributed by atoms with van der Waals surface area (Å²) in [6.07, 6.45) is 0. The zero-order chi connectivity index (χ0) is 10.5. The van der Waals surface area contributed by atoms with Crippen LogP contribution in [0.3, 0.4) is 0 Å². The van der Waals surface area contributed by atoms with Crippen molar-refractivity contribution >= 4 is 15.7 Å². The summed E-state index contributed by atoms with van der Waals surface area (Å²) < 4.78 is 22.1. The number of nitrogens with two attached hydrogens (primary N) is 1. The lowest BCUT2D eigenvalue weighted by atomic mass is 10.2. The standard InChI is InChI=1S/C8H18N2O2S/c1-4-13(11,12)6-5-10-8(9)7(2)3/h7H,4-6H2,1-3H3,(H2,9,10). The minimum absolute atomic E-state index is 0.0942. The third-order valence-electron chi connectivity index (χ3n) is 1.73. The van der Waals surface area contributed by atoms with Crippen molar-refractivity contribution in [2.75, 3.05) is 18.1 Å². The molecule has 78 valence electrons. The maximum absolute atomic E-state index is 11.0. The Morgan fingerprint density at radius 3 is 2.38 bits per heavy atom. The van der Waals surface area contributed by atoms with E-state index in [0.717, 1.165) is 0 Å². The van der Waals surface area contributed by atoms with Crippen molar-refractivity contribution in [2.45, 2.75) is 20.8 Å². The molecule has 0 saturated heterocycles. The molecule has 4 nitrogen and oxygen atoms in total. The predicted molar refractivity (Wildman–Crippen MR) is 55.7 cm³/mol. The van der Waals surface area contributed by atoms with E-state index in [4.69, 9.17) is 5.73 Å². The molecule has 0 aromatic heterocycles. The van der Waals surface area contributed by atoms with Gasteiger partial charge in [-0.15, -0.1) is 0 Å². The van der Waals surface area contributed by atoms with Crippen molar-refractivity contribution in [3.63, 3.8) is 0 Å². The first-order chi connectivity index (χ1) is 5.89. The minimum atomic E-state index is -2.90. The Kier molecular flexibility index (Phi) is 4.98. The highest BCUT2D eigenvalue weighted by Gasteiger charge is 2.06. The van der Waals surface area contributed by atoms with E-state index in [-0.39, 0.29) is 24.0 Å². The molecule has 0 amide bonds. The van der Waals surface area contributed by atoms with Gasteiger partial charge < -0.3 is 5.73 Å². The van der Waals surface area contributed by atoms with E-state index in [1.54, 1.807) is 6.92 Å². The van der Waals surface area contributed by atoms with Crippen LogP contribution in [0.4, 0.5) is 0 Å². The molecule has 0 aromatic rings. The molecule has 0 aliphatic heterocycles. The molecule has 13 heavy (non-hydrogen) atoms. The summed E-state index contributed by atoms with van der Waals surface area (Å²) in [6.45, 7) is 5.76. The molecular formula is C8H18N2O2S. The average Bonchev–Trinajstić information content (AvgIpc) is 2.04. The molecule has 0 rings (SSSR count). The Bertz CT molecular complexity index is 268. The van der Waals surface area contributed by atoms with Gasteiger partial charge in [-0.2, -0.15) is 0 Å². The Hall–Kier alpha value is -0.580. The maximum atomic E-state index is 11.0. The SMILES string of the molecule is CCS(=O)(=O)CCN=C(N)C(C)C. The third kappa shape index (κ3) is 5.63. The number of rotatable bonds is 5. The number of nitrogens with zero attached hydrogens (tertiary/aromatic N) is 1. The average molecular weight is 206 g/mol. The van der Waals surface area contributed by atoms with Gasteiger partial charge in [-0.05, 0) is 0 Å². The number of hydrogen-bond acceptors (Lipinski definition) is 3. The van der Waals surface area contributed by atoms with Crippen LogP contribution in [0, 0.1) is 5.92 Å². The van der Waals surface area contributed by atoms with Crippen LogP contribution in [0.2, 0.25) is 0 Å². The summed E-state index contributed by atoms with van der Waals surface area (Å²) >= 11 is 0. The van der Waals surface area contributed by atoms with Gasteiger partial charge in [-0.1, -0.05) is 20.8 Å². The van der Waals surface area contributed by atoms with E-state index in [0.29, 0.717) is 5.84 Å². The van der Waals surface area contributed by atoms with E-state index >= 15 is 0 Å². The van der Waals surface area contributed by atoms with Crippen LogP contribution < -0.4 is 5.73 Å². The van der Waals surface area contributed by atoms with E-state index in [1.807, 2.05) is 13.8 Å². The Morgan fingerprint density at radius 1 is 1.46 bits per heavy atom. The van der Waals surface area contributed by atoms with Crippen molar-refractivity contribution < 1.29 is 8.42 Å². The zero-order valence-electron chi connectivity index (χ0n) is 8.45. The molecule has 0 aliphatic carbocycles. The highest BCUT2D eigenvalue weighted by Crippen LogP contribution is 1.93. The molecular weight excluding hydrogens is 188 g/mol. The molecule has 0 heterocycles. The fourth-order valence-corrected chi connectivity index (χ4v) is 1.30. The first kappa shape index (κ1) is 12.4. The van der Waals surface area contributed by atoms with Gasteiger partial charge in [0.2, 0.25) is 0 Å². The van der Waals surface area contributed by atoms with E-state index in [9.17, 15) is 8.42 Å². The quantitative estimate of drug-likeness (QED) is 0.524. The Balaban J connectivity index is 4.00. The highest BCUT2D eigenvalue weighted by molar-refractivity contribution is 7.91. The smallest absolute Gasteiger partial charge is 0.151 e. The van der Waals surface area contributed by atoms with Crippen LogP contribution in [-0.2, 0) is 9.84 Å². The number of aliphatic imine (C=N–C) groups is 1. The number of amidine groups is 1. The second kappa shape index (κ2) is 5.21. The molecule has 5 heteroatoms. The molecule has 0 aliphatic rings. The van der Waals surface area contributed by atoms with Crippen molar-refractivity contribution in [3.05, 3.63) is 0 Å². The molecule has 0 radical (unpaired) electrons. The van der Waals surface area contributed by atoms with Crippen molar-refractivity contribution in [1.82, 2.24) is 0 Å². The van der Waals surface area contributed by atoms with Gasteiger partial charge in [0.15, 0.2) is 9.84 Å². The summed E-state index contributed by atoms with van der Waals surface area (Å²) in [6, 6.07) is 0. The van der Waals surface area contributed by atoms with Gasteiger partial charge in [0, 0.05) is 11.7 Å². The molecule has 0 aromatic carbocycles. The largest absolute Gasteiger partial charge is 0.387 e. The van der Waals surface area contributed by atoms with Gasteiger partial charge in [0.25, 0.3) is 0 Å². The molecule has 0 unspecified atom stereocenters. The second-order valence-corrected chi connectivity index (χ2v) is 5.67. The first-order valence-electron chi connectivity index (χ1n) is 4.39. The lowest BCUT2D eigenvalue weighted by Crippen LogP contribution is -2.21. The van der Waals surface area contributed by atoms with Crippen LogP contribution in [-0.4, -0.2) is 32.3 Å². The third-order valence-corrected chi connectivity index (χ3v) is 3.41. The molecule has 0 bridgehead atoms. The van der Waals surface area contributed by atoms with Crippen molar-refractivity contribution in [3.8, 4) is 0 Å².